The fourth-order valence-electron chi connectivity index (χ4n) is 1.43. The SMILES string of the molecule is OCC1CCC(O)C(O)[C@@H]1O. The first-order chi connectivity index (χ1) is 5.16. The molecule has 0 heterocycles. The van der Waals surface area contributed by atoms with Gasteiger partial charge in [-0.2, -0.15) is 0 Å². The van der Waals surface area contributed by atoms with Gasteiger partial charge in [0.25, 0.3) is 0 Å². The monoisotopic (exact) mass is 162 g/mol. The first-order valence-corrected chi connectivity index (χ1v) is 3.82. The average molecular weight is 162 g/mol. The van der Waals surface area contributed by atoms with Gasteiger partial charge in [-0.3, -0.25) is 0 Å². The molecule has 0 radical (unpaired) electrons. The normalized spacial score (nSPS) is 45.8. The molecule has 1 aliphatic carbocycles. The summed E-state index contributed by atoms with van der Waals surface area (Å²) in [6, 6.07) is 0. The molecule has 0 aromatic rings. The molecular weight excluding hydrogens is 148 g/mol. The lowest BCUT2D eigenvalue weighted by molar-refractivity contribution is -0.118. The summed E-state index contributed by atoms with van der Waals surface area (Å²) in [4.78, 5) is 0. The van der Waals surface area contributed by atoms with Crippen LogP contribution in [-0.4, -0.2) is 45.3 Å². The van der Waals surface area contributed by atoms with Gasteiger partial charge in [-0.05, 0) is 12.8 Å². The molecule has 4 atom stereocenters. The second-order valence-electron chi connectivity index (χ2n) is 3.07. The van der Waals surface area contributed by atoms with E-state index < -0.39 is 18.3 Å². The minimum atomic E-state index is -1.10. The van der Waals surface area contributed by atoms with Gasteiger partial charge in [0.2, 0.25) is 0 Å². The third-order valence-electron chi connectivity index (χ3n) is 2.29. The Hall–Kier alpha value is -0.160. The van der Waals surface area contributed by atoms with Gasteiger partial charge in [-0.15, -0.1) is 0 Å². The first kappa shape index (κ1) is 8.93. The Morgan fingerprint density at radius 2 is 1.64 bits per heavy atom. The van der Waals surface area contributed by atoms with Crippen LogP contribution >= 0.6 is 0 Å². The number of rotatable bonds is 1. The minimum absolute atomic E-state index is 0.134. The van der Waals surface area contributed by atoms with Crippen molar-refractivity contribution < 1.29 is 20.4 Å². The predicted molar refractivity (Wildman–Crippen MR) is 37.8 cm³/mol. The van der Waals surface area contributed by atoms with Gasteiger partial charge in [0.15, 0.2) is 0 Å². The van der Waals surface area contributed by atoms with Crippen LogP contribution in [-0.2, 0) is 0 Å². The fourth-order valence-corrected chi connectivity index (χ4v) is 1.43. The van der Waals surface area contributed by atoms with E-state index in [4.69, 9.17) is 15.3 Å². The molecule has 0 aromatic carbocycles. The van der Waals surface area contributed by atoms with Crippen molar-refractivity contribution in [2.45, 2.75) is 31.2 Å². The standard InChI is InChI=1S/C7H14O4/c8-3-4-1-2-5(9)7(11)6(4)10/h4-11H,1-3H2/t4?,5?,6-,7?/m1/s1. The van der Waals surface area contributed by atoms with E-state index >= 15 is 0 Å². The van der Waals surface area contributed by atoms with E-state index in [1.54, 1.807) is 0 Å². The largest absolute Gasteiger partial charge is 0.396 e. The van der Waals surface area contributed by atoms with Gasteiger partial charge in [0, 0.05) is 12.5 Å². The van der Waals surface area contributed by atoms with E-state index in [1.165, 1.54) is 0 Å². The van der Waals surface area contributed by atoms with E-state index in [0.29, 0.717) is 12.8 Å². The highest BCUT2D eigenvalue weighted by molar-refractivity contribution is 4.86. The zero-order valence-corrected chi connectivity index (χ0v) is 6.22. The summed E-state index contributed by atoms with van der Waals surface area (Å²) in [6.45, 7) is -0.134. The molecule has 3 unspecified atom stereocenters. The van der Waals surface area contributed by atoms with Crippen molar-refractivity contribution in [2.24, 2.45) is 5.92 Å². The van der Waals surface area contributed by atoms with Crippen molar-refractivity contribution in [3.05, 3.63) is 0 Å². The summed E-state index contributed by atoms with van der Waals surface area (Å²) in [5, 5.41) is 36.2. The summed E-state index contributed by atoms with van der Waals surface area (Å²) < 4.78 is 0. The van der Waals surface area contributed by atoms with Crippen LogP contribution in [0.2, 0.25) is 0 Å². The summed E-state index contributed by atoms with van der Waals surface area (Å²) in [7, 11) is 0. The maximum atomic E-state index is 9.24. The molecule has 11 heavy (non-hydrogen) atoms. The zero-order chi connectivity index (χ0) is 8.43. The molecular formula is C7H14O4. The Labute approximate surface area is 65.1 Å². The molecule has 4 heteroatoms. The van der Waals surface area contributed by atoms with Crippen molar-refractivity contribution in [3.63, 3.8) is 0 Å². The van der Waals surface area contributed by atoms with E-state index in [0.717, 1.165) is 0 Å². The van der Waals surface area contributed by atoms with Crippen molar-refractivity contribution in [1.82, 2.24) is 0 Å². The average Bonchev–Trinajstić information content (AvgIpc) is 2.01. The molecule has 1 aliphatic rings. The first-order valence-electron chi connectivity index (χ1n) is 3.82. The Kier molecular flexibility index (Phi) is 2.84. The Balaban J connectivity index is 2.52. The molecule has 1 saturated carbocycles. The number of aliphatic hydroxyl groups is 4. The second kappa shape index (κ2) is 3.49. The Morgan fingerprint density at radius 1 is 1.00 bits per heavy atom. The van der Waals surface area contributed by atoms with Crippen molar-refractivity contribution in [3.8, 4) is 0 Å². The molecule has 0 aromatic heterocycles. The van der Waals surface area contributed by atoms with E-state index in [2.05, 4.69) is 0 Å². The number of hydrogen-bond donors (Lipinski definition) is 4. The van der Waals surface area contributed by atoms with Gasteiger partial charge < -0.3 is 20.4 Å². The highest BCUT2D eigenvalue weighted by atomic mass is 16.4. The van der Waals surface area contributed by atoms with Crippen LogP contribution in [0.15, 0.2) is 0 Å². The predicted octanol–water partition coefficient (Wildman–Crippen LogP) is -1.53. The zero-order valence-electron chi connectivity index (χ0n) is 6.22. The van der Waals surface area contributed by atoms with Gasteiger partial charge in [-0.25, -0.2) is 0 Å². The highest BCUT2D eigenvalue weighted by Crippen LogP contribution is 2.24. The van der Waals surface area contributed by atoms with Crippen LogP contribution in [0.25, 0.3) is 0 Å². The van der Waals surface area contributed by atoms with E-state index in [1.807, 2.05) is 0 Å². The third kappa shape index (κ3) is 1.70. The maximum Gasteiger partial charge on any atom is 0.106 e. The summed E-state index contributed by atoms with van der Waals surface area (Å²) >= 11 is 0. The van der Waals surface area contributed by atoms with Crippen LogP contribution < -0.4 is 0 Å². The maximum absolute atomic E-state index is 9.24. The summed E-state index contributed by atoms with van der Waals surface area (Å²) in [5.74, 6) is -0.284. The van der Waals surface area contributed by atoms with Gasteiger partial charge in [0.1, 0.15) is 6.10 Å². The number of aliphatic hydroxyl groups excluding tert-OH is 4. The van der Waals surface area contributed by atoms with Gasteiger partial charge >= 0.3 is 0 Å². The summed E-state index contributed by atoms with van der Waals surface area (Å²) in [5.41, 5.74) is 0. The van der Waals surface area contributed by atoms with Crippen molar-refractivity contribution >= 4 is 0 Å². The van der Waals surface area contributed by atoms with Crippen molar-refractivity contribution in [2.75, 3.05) is 6.61 Å². The fraction of sp³-hybridized carbons (Fsp3) is 1.00. The minimum Gasteiger partial charge on any atom is -0.396 e. The molecule has 1 rings (SSSR count). The molecule has 0 aliphatic heterocycles. The molecule has 4 nitrogen and oxygen atoms in total. The highest BCUT2D eigenvalue weighted by Gasteiger charge is 2.35. The summed E-state index contributed by atoms with van der Waals surface area (Å²) in [6.07, 6.45) is -1.91. The topological polar surface area (TPSA) is 80.9 Å². The smallest absolute Gasteiger partial charge is 0.106 e. The molecule has 1 fully saturated rings. The van der Waals surface area contributed by atoms with E-state index in [-0.39, 0.29) is 12.5 Å². The van der Waals surface area contributed by atoms with Crippen molar-refractivity contribution in [1.29, 1.82) is 0 Å². The molecule has 4 N–H and O–H groups in total. The van der Waals surface area contributed by atoms with Gasteiger partial charge in [0.05, 0.1) is 12.2 Å². The lowest BCUT2D eigenvalue weighted by Crippen LogP contribution is -2.47. The van der Waals surface area contributed by atoms with E-state index in [9.17, 15) is 5.11 Å². The van der Waals surface area contributed by atoms with Crippen LogP contribution in [0.1, 0.15) is 12.8 Å². The van der Waals surface area contributed by atoms with Crippen LogP contribution in [0.4, 0.5) is 0 Å². The molecule has 66 valence electrons. The van der Waals surface area contributed by atoms with Crippen LogP contribution in [0, 0.1) is 5.92 Å². The Morgan fingerprint density at radius 3 is 2.18 bits per heavy atom. The van der Waals surface area contributed by atoms with Crippen LogP contribution in [0.5, 0.6) is 0 Å². The third-order valence-corrected chi connectivity index (χ3v) is 2.29. The molecule has 0 saturated heterocycles. The lowest BCUT2D eigenvalue weighted by atomic mass is 9.83. The Bertz CT molecular complexity index is 126. The van der Waals surface area contributed by atoms with Crippen LogP contribution in [0.3, 0.4) is 0 Å². The number of hydrogen-bond acceptors (Lipinski definition) is 4. The molecule has 0 bridgehead atoms. The molecule has 0 amide bonds. The van der Waals surface area contributed by atoms with Gasteiger partial charge in [-0.1, -0.05) is 0 Å². The second-order valence-corrected chi connectivity index (χ2v) is 3.07. The molecule has 0 spiro atoms. The quantitative estimate of drug-likeness (QED) is 0.377. The lowest BCUT2D eigenvalue weighted by Gasteiger charge is -2.33.